The molecule has 7 heteroatoms. The van der Waals surface area contributed by atoms with Crippen LogP contribution in [0.3, 0.4) is 0 Å². The van der Waals surface area contributed by atoms with Gasteiger partial charge in [-0.05, 0) is 31.5 Å². The molecule has 2 unspecified atom stereocenters. The van der Waals surface area contributed by atoms with Crippen LogP contribution in [0.4, 0.5) is 4.79 Å². The summed E-state index contributed by atoms with van der Waals surface area (Å²) < 4.78 is 0. The predicted octanol–water partition coefficient (Wildman–Crippen LogP) is 1.70. The van der Waals surface area contributed by atoms with E-state index >= 15 is 0 Å². The molecule has 3 amide bonds. The smallest absolute Gasteiger partial charge is 0.289 e. The summed E-state index contributed by atoms with van der Waals surface area (Å²) in [5.41, 5.74) is 1.39. The van der Waals surface area contributed by atoms with Gasteiger partial charge in [-0.1, -0.05) is 23.9 Å². The van der Waals surface area contributed by atoms with Crippen molar-refractivity contribution in [3.05, 3.63) is 35.4 Å². The molecule has 0 saturated carbocycles. The fourth-order valence-electron chi connectivity index (χ4n) is 3.03. The molecule has 6 nitrogen and oxygen atoms in total. The topological polar surface area (TPSA) is 69.7 Å². The zero-order valence-corrected chi connectivity index (χ0v) is 14.6. The lowest BCUT2D eigenvalue weighted by Gasteiger charge is -2.38. The third-order valence-electron chi connectivity index (χ3n) is 4.65. The Labute approximate surface area is 145 Å². The fraction of sp³-hybridized carbons (Fsp3) is 0.471. The van der Waals surface area contributed by atoms with Gasteiger partial charge < -0.3 is 10.2 Å². The maximum Gasteiger partial charge on any atom is 0.289 e. The van der Waals surface area contributed by atoms with Crippen molar-refractivity contribution in [1.29, 1.82) is 0 Å². The lowest BCUT2D eigenvalue weighted by atomic mass is 10.0. The summed E-state index contributed by atoms with van der Waals surface area (Å²) in [6.07, 6.45) is 0. The Balaban J connectivity index is 1.76. The second kappa shape index (κ2) is 6.94. The van der Waals surface area contributed by atoms with Crippen molar-refractivity contribution in [2.75, 3.05) is 18.8 Å². The number of piperazine rings is 1. The molecule has 2 atom stereocenters. The molecule has 2 aliphatic heterocycles. The molecule has 24 heavy (non-hydrogen) atoms. The number of thioether (sulfide) groups is 1. The standard InChI is InChI=1S/C17H21N3O3S/c1-11-12(2)19(7-6-18-11)16(22)14-5-3-4-13(8-14)9-20-15(21)10-24-17(20)23/h3-5,8,11-12,18H,6-7,9-10H2,1-2H3. The lowest BCUT2D eigenvalue weighted by Crippen LogP contribution is -2.57. The number of amides is 3. The number of nitrogens with zero attached hydrogens (tertiary/aromatic N) is 2. The van der Waals surface area contributed by atoms with Gasteiger partial charge in [-0.2, -0.15) is 0 Å². The predicted molar refractivity (Wildman–Crippen MR) is 92.8 cm³/mol. The number of hydrogen-bond acceptors (Lipinski definition) is 5. The highest BCUT2D eigenvalue weighted by Crippen LogP contribution is 2.22. The molecule has 128 valence electrons. The molecular formula is C17H21N3O3S. The minimum Gasteiger partial charge on any atom is -0.333 e. The number of nitrogens with one attached hydrogen (secondary N) is 1. The maximum atomic E-state index is 12.8. The van der Waals surface area contributed by atoms with E-state index in [1.807, 2.05) is 17.9 Å². The van der Waals surface area contributed by atoms with E-state index in [-0.39, 0.29) is 41.4 Å². The minimum absolute atomic E-state index is 0.00819. The van der Waals surface area contributed by atoms with Gasteiger partial charge in [0.25, 0.3) is 11.1 Å². The number of carbonyl (C=O) groups excluding carboxylic acids is 3. The van der Waals surface area contributed by atoms with Gasteiger partial charge in [0, 0.05) is 30.7 Å². The first kappa shape index (κ1) is 17.0. The van der Waals surface area contributed by atoms with Gasteiger partial charge in [-0.25, -0.2) is 0 Å². The van der Waals surface area contributed by atoms with Crippen LogP contribution in [0.5, 0.6) is 0 Å². The van der Waals surface area contributed by atoms with Crippen molar-refractivity contribution in [2.24, 2.45) is 0 Å². The Hall–Kier alpha value is -1.86. The molecule has 1 N–H and O–H groups in total. The Morgan fingerprint density at radius 2 is 2.12 bits per heavy atom. The first-order chi connectivity index (χ1) is 11.5. The number of rotatable bonds is 3. The zero-order chi connectivity index (χ0) is 17.3. The largest absolute Gasteiger partial charge is 0.333 e. The van der Waals surface area contributed by atoms with Crippen molar-refractivity contribution >= 4 is 28.8 Å². The van der Waals surface area contributed by atoms with Gasteiger partial charge in [-0.15, -0.1) is 0 Å². The van der Waals surface area contributed by atoms with Gasteiger partial charge in [-0.3, -0.25) is 19.3 Å². The molecule has 1 aromatic carbocycles. The van der Waals surface area contributed by atoms with Crippen LogP contribution in [0.1, 0.15) is 29.8 Å². The van der Waals surface area contributed by atoms with E-state index < -0.39 is 0 Å². The van der Waals surface area contributed by atoms with Crippen molar-refractivity contribution < 1.29 is 14.4 Å². The molecule has 2 aliphatic rings. The van der Waals surface area contributed by atoms with Gasteiger partial charge in [0.15, 0.2) is 0 Å². The van der Waals surface area contributed by atoms with Crippen molar-refractivity contribution in [2.45, 2.75) is 32.5 Å². The van der Waals surface area contributed by atoms with Crippen LogP contribution >= 0.6 is 11.8 Å². The Morgan fingerprint density at radius 3 is 2.83 bits per heavy atom. The van der Waals surface area contributed by atoms with E-state index in [4.69, 9.17) is 0 Å². The lowest BCUT2D eigenvalue weighted by molar-refractivity contribution is -0.125. The van der Waals surface area contributed by atoms with Crippen LogP contribution < -0.4 is 5.32 Å². The summed E-state index contributed by atoms with van der Waals surface area (Å²) in [4.78, 5) is 39.4. The third-order valence-corrected chi connectivity index (χ3v) is 5.51. The SMILES string of the molecule is CC1NCCN(C(=O)c2cccc(CN3C(=O)CSC3=O)c2)C1C. The number of carbonyl (C=O) groups is 3. The molecule has 1 aromatic rings. The van der Waals surface area contributed by atoms with Crippen LogP contribution in [0, 0.1) is 0 Å². The first-order valence-electron chi connectivity index (χ1n) is 8.08. The number of benzene rings is 1. The Morgan fingerprint density at radius 1 is 1.33 bits per heavy atom. The highest BCUT2D eigenvalue weighted by molar-refractivity contribution is 8.14. The molecule has 0 spiro atoms. The summed E-state index contributed by atoms with van der Waals surface area (Å²) >= 11 is 1.02. The zero-order valence-electron chi connectivity index (χ0n) is 13.8. The molecular weight excluding hydrogens is 326 g/mol. The van der Waals surface area contributed by atoms with Crippen LogP contribution in [0.2, 0.25) is 0 Å². The summed E-state index contributed by atoms with van der Waals surface area (Å²) in [5.74, 6) is 0.0191. The van der Waals surface area contributed by atoms with Crippen LogP contribution in [0.25, 0.3) is 0 Å². The summed E-state index contributed by atoms with van der Waals surface area (Å²) in [5, 5.41) is 3.14. The third kappa shape index (κ3) is 3.32. The fourth-order valence-corrected chi connectivity index (χ4v) is 3.75. The Kier molecular flexibility index (Phi) is 4.91. The monoisotopic (exact) mass is 347 g/mol. The average molecular weight is 347 g/mol. The van der Waals surface area contributed by atoms with Gasteiger partial charge >= 0.3 is 0 Å². The van der Waals surface area contributed by atoms with Crippen molar-refractivity contribution in [1.82, 2.24) is 15.1 Å². The van der Waals surface area contributed by atoms with Crippen LogP contribution in [-0.2, 0) is 11.3 Å². The highest BCUT2D eigenvalue weighted by Gasteiger charge is 2.31. The summed E-state index contributed by atoms with van der Waals surface area (Å²) in [6.45, 7) is 5.79. The first-order valence-corrected chi connectivity index (χ1v) is 9.06. The van der Waals surface area contributed by atoms with E-state index in [0.717, 1.165) is 23.9 Å². The Bertz CT molecular complexity index is 663. The molecule has 2 heterocycles. The number of imide groups is 1. The molecule has 2 saturated heterocycles. The number of hydrogen-bond donors (Lipinski definition) is 1. The van der Waals surface area contributed by atoms with Gasteiger partial charge in [0.2, 0.25) is 5.91 Å². The maximum absolute atomic E-state index is 12.8. The van der Waals surface area contributed by atoms with Crippen molar-refractivity contribution in [3.8, 4) is 0 Å². The molecule has 0 bridgehead atoms. The molecule has 0 aromatic heterocycles. The second-order valence-electron chi connectivity index (χ2n) is 6.22. The van der Waals surface area contributed by atoms with E-state index in [1.54, 1.807) is 18.2 Å². The molecule has 0 aliphatic carbocycles. The van der Waals surface area contributed by atoms with Gasteiger partial charge in [0.1, 0.15) is 0 Å². The van der Waals surface area contributed by atoms with Gasteiger partial charge in [0.05, 0.1) is 12.3 Å². The van der Waals surface area contributed by atoms with Crippen LogP contribution in [0.15, 0.2) is 24.3 Å². The van der Waals surface area contributed by atoms with Crippen molar-refractivity contribution in [3.63, 3.8) is 0 Å². The van der Waals surface area contributed by atoms with E-state index in [9.17, 15) is 14.4 Å². The summed E-state index contributed by atoms with van der Waals surface area (Å²) in [6, 6.07) is 7.58. The highest BCUT2D eigenvalue weighted by atomic mass is 32.2. The average Bonchev–Trinajstić information content (AvgIpc) is 2.89. The minimum atomic E-state index is -0.221. The quantitative estimate of drug-likeness (QED) is 0.901. The van der Waals surface area contributed by atoms with E-state index in [2.05, 4.69) is 12.2 Å². The molecule has 2 fully saturated rings. The summed E-state index contributed by atoms with van der Waals surface area (Å²) in [7, 11) is 0. The molecule has 0 radical (unpaired) electrons. The van der Waals surface area contributed by atoms with Crippen LogP contribution in [-0.4, -0.2) is 57.8 Å². The second-order valence-corrected chi connectivity index (χ2v) is 7.14. The van der Waals surface area contributed by atoms with E-state index in [1.165, 1.54) is 4.90 Å². The normalized spacial score (nSPS) is 24.6. The molecule has 3 rings (SSSR count). The van der Waals surface area contributed by atoms with E-state index in [0.29, 0.717) is 12.1 Å².